The molecule has 2 N–H and O–H groups in total. The van der Waals surface area contributed by atoms with Crippen molar-refractivity contribution in [2.45, 2.75) is 44.3 Å². The molecule has 0 saturated carbocycles. The third kappa shape index (κ3) is 3.37. The minimum Gasteiger partial charge on any atom is -0.480 e. The van der Waals surface area contributed by atoms with E-state index >= 15 is 0 Å². The van der Waals surface area contributed by atoms with Crippen molar-refractivity contribution >= 4 is 23.2 Å². The first kappa shape index (κ1) is 17.9. The maximum absolute atomic E-state index is 12.2. The van der Waals surface area contributed by atoms with Gasteiger partial charge in [-0.05, 0) is 26.2 Å². The molecule has 3 aliphatic heterocycles. The molecule has 4 heterocycles. The van der Waals surface area contributed by atoms with Crippen molar-refractivity contribution in [3.8, 4) is 0 Å². The lowest BCUT2D eigenvalue weighted by Gasteiger charge is -2.29. The number of carboxylic acids is 1. The van der Waals surface area contributed by atoms with Crippen LogP contribution in [0.15, 0.2) is 5.38 Å². The lowest BCUT2D eigenvalue weighted by atomic mass is 9.73. The number of ether oxygens (including phenoxy) is 1. The number of thiazole rings is 1. The Morgan fingerprint density at radius 1 is 1.54 bits per heavy atom. The van der Waals surface area contributed by atoms with Crippen LogP contribution in [0.3, 0.4) is 0 Å². The molecule has 4 atom stereocenters. The Bertz CT molecular complexity index is 708. The van der Waals surface area contributed by atoms with Gasteiger partial charge in [0.1, 0.15) is 0 Å². The van der Waals surface area contributed by atoms with E-state index in [-0.39, 0.29) is 30.1 Å². The van der Waals surface area contributed by atoms with E-state index in [0.717, 1.165) is 30.1 Å². The van der Waals surface area contributed by atoms with Crippen molar-refractivity contribution in [1.29, 1.82) is 0 Å². The van der Waals surface area contributed by atoms with Gasteiger partial charge in [-0.3, -0.25) is 14.5 Å². The van der Waals surface area contributed by atoms with E-state index < -0.39 is 5.97 Å². The summed E-state index contributed by atoms with van der Waals surface area (Å²) in [6.07, 6.45) is 3.33. The summed E-state index contributed by atoms with van der Waals surface area (Å²) < 4.78 is 6.28. The largest absolute Gasteiger partial charge is 0.480 e. The number of carboxylic acid groups (broad SMARTS) is 1. The van der Waals surface area contributed by atoms with Crippen LogP contribution in [-0.2, 0) is 20.7 Å². The van der Waals surface area contributed by atoms with Gasteiger partial charge in [0.05, 0.1) is 29.0 Å². The first-order valence-corrected chi connectivity index (χ1v) is 10.1. The molecule has 1 spiro atoms. The Balaban J connectivity index is 1.29. The topological polar surface area (TPSA) is 91.8 Å². The molecule has 3 fully saturated rings. The molecular formula is C18H25N3O4S. The highest BCUT2D eigenvalue weighted by molar-refractivity contribution is 7.09. The maximum atomic E-state index is 12.2. The first-order chi connectivity index (χ1) is 12.4. The Hall–Kier alpha value is -1.51. The fourth-order valence-corrected chi connectivity index (χ4v) is 5.60. The van der Waals surface area contributed by atoms with Crippen LogP contribution in [0.25, 0.3) is 0 Å². The van der Waals surface area contributed by atoms with Gasteiger partial charge in [0.25, 0.3) is 0 Å². The molecule has 26 heavy (non-hydrogen) atoms. The molecule has 3 saturated heterocycles. The van der Waals surface area contributed by atoms with E-state index in [4.69, 9.17) is 9.84 Å². The number of aromatic nitrogens is 1. The Morgan fingerprint density at radius 3 is 3.12 bits per heavy atom. The second-order valence-corrected chi connectivity index (χ2v) is 8.82. The van der Waals surface area contributed by atoms with Crippen LogP contribution in [0.2, 0.25) is 0 Å². The van der Waals surface area contributed by atoms with Crippen molar-refractivity contribution < 1.29 is 19.4 Å². The molecule has 0 radical (unpaired) electrons. The van der Waals surface area contributed by atoms with E-state index in [1.165, 1.54) is 0 Å². The number of hydrogen-bond donors (Lipinski definition) is 2. The van der Waals surface area contributed by atoms with Crippen molar-refractivity contribution in [1.82, 2.24) is 15.2 Å². The minimum atomic E-state index is -0.793. The predicted octanol–water partition coefficient (Wildman–Crippen LogP) is 1.06. The predicted molar refractivity (Wildman–Crippen MR) is 96.1 cm³/mol. The standard InChI is InChI=1S/C18H25N3O4S/c1-11-20-12(9-26-11)2-3-16(22)19-6-13-14-7-21(8-17(23)24)10-18(14)5-4-15(13)25-18/h9,13-15H,2-8,10H2,1H3,(H,19,22)(H,23,24)/t13-,14+,15+,18+/m0/s1. The molecular weight excluding hydrogens is 354 g/mol. The number of hydrogen-bond acceptors (Lipinski definition) is 6. The third-order valence-corrected chi connectivity index (χ3v) is 6.85. The average Bonchev–Trinajstić information content (AvgIpc) is 3.30. The molecule has 1 amide bonds. The number of carbonyl (C=O) groups is 2. The number of amides is 1. The smallest absolute Gasteiger partial charge is 0.317 e. The van der Waals surface area contributed by atoms with Crippen LogP contribution >= 0.6 is 11.3 Å². The van der Waals surface area contributed by atoms with Gasteiger partial charge in [-0.25, -0.2) is 4.98 Å². The lowest BCUT2D eigenvalue weighted by molar-refractivity contribution is -0.138. The molecule has 4 rings (SSSR count). The molecule has 1 aromatic rings. The quantitative estimate of drug-likeness (QED) is 0.736. The Morgan fingerprint density at radius 2 is 2.38 bits per heavy atom. The number of likely N-dealkylation sites (tertiary alicyclic amines) is 1. The monoisotopic (exact) mass is 379 g/mol. The highest BCUT2D eigenvalue weighted by atomic mass is 32.1. The molecule has 2 bridgehead atoms. The summed E-state index contributed by atoms with van der Waals surface area (Å²) in [5.41, 5.74) is 0.790. The van der Waals surface area contributed by atoms with Crippen molar-refractivity contribution in [3.05, 3.63) is 16.1 Å². The number of rotatable bonds is 7. The number of nitrogens with one attached hydrogen (secondary N) is 1. The van der Waals surface area contributed by atoms with Gasteiger partial charge < -0.3 is 15.2 Å². The number of aryl methyl sites for hydroxylation is 2. The average molecular weight is 379 g/mol. The lowest BCUT2D eigenvalue weighted by Crippen LogP contribution is -2.41. The fraction of sp³-hybridized carbons (Fsp3) is 0.722. The van der Waals surface area contributed by atoms with Gasteiger partial charge in [-0.1, -0.05) is 0 Å². The van der Waals surface area contributed by atoms with Crippen LogP contribution < -0.4 is 5.32 Å². The van der Waals surface area contributed by atoms with E-state index in [9.17, 15) is 9.59 Å². The normalized spacial score (nSPS) is 32.7. The van der Waals surface area contributed by atoms with Crippen LogP contribution in [0.1, 0.15) is 30.0 Å². The van der Waals surface area contributed by atoms with Crippen molar-refractivity contribution in [2.24, 2.45) is 11.8 Å². The van der Waals surface area contributed by atoms with E-state index in [1.807, 2.05) is 17.2 Å². The second kappa shape index (κ2) is 6.90. The molecule has 0 aromatic carbocycles. The number of carbonyl (C=O) groups excluding carboxylic acids is 1. The summed E-state index contributed by atoms with van der Waals surface area (Å²) in [5.74, 6) is -0.138. The summed E-state index contributed by atoms with van der Waals surface area (Å²) in [6.45, 7) is 4.11. The number of fused-ring (bicyclic) bond motifs is 1. The van der Waals surface area contributed by atoms with Gasteiger partial charge in [0.15, 0.2) is 0 Å². The zero-order chi connectivity index (χ0) is 18.3. The molecule has 3 aliphatic rings. The van der Waals surface area contributed by atoms with E-state index in [0.29, 0.717) is 31.8 Å². The number of aliphatic carboxylic acids is 1. The molecule has 1 aromatic heterocycles. The zero-order valence-electron chi connectivity index (χ0n) is 14.9. The summed E-state index contributed by atoms with van der Waals surface area (Å²) in [7, 11) is 0. The van der Waals surface area contributed by atoms with Gasteiger partial charge in [-0.15, -0.1) is 11.3 Å². The number of nitrogens with zero attached hydrogens (tertiary/aromatic N) is 2. The van der Waals surface area contributed by atoms with E-state index in [2.05, 4.69) is 10.3 Å². The van der Waals surface area contributed by atoms with Crippen LogP contribution in [0, 0.1) is 18.8 Å². The van der Waals surface area contributed by atoms with Crippen LogP contribution in [0.4, 0.5) is 0 Å². The van der Waals surface area contributed by atoms with E-state index in [1.54, 1.807) is 11.3 Å². The molecule has 8 heteroatoms. The Labute approximate surface area is 156 Å². The minimum absolute atomic E-state index is 0.0489. The first-order valence-electron chi connectivity index (χ1n) is 9.25. The SMILES string of the molecule is Cc1nc(CCC(=O)NC[C@H]2[C@H]3CN(CC(=O)O)C[C@]34CC[C@H]2O4)cs1. The zero-order valence-corrected chi connectivity index (χ0v) is 15.8. The highest BCUT2D eigenvalue weighted by Crippen LogP contribution is 2.54. The summed E-state index contributed by atoms with van der Waals surface area (Å²) in [4.78, 5) is 29.6. The van der Waals surface area contributed by atoms with Crippen LogP contribution in [-0.4, -0.2) is 64.8 Å². The van der Waals surface area contributed by atoms with Gasteiger partial charge >= 0.3 is 5.97 Å². The summed E-state index contributed by atoms with van der Waals surface area (Å²) in [6, 6.07) is 0. The highest BCUT2D eigenvalue weighted by Gasteiger charge is 2.62. The molecule has 142 valence electrons. The Kier molecular flexibility index (Phi) is 4.75. The van der Waals surface area contributed by atoms with Gasteiger partial charge in [-0.2, -0.15) is 0 Å². The summed E-state index contributed by atoms with van der Waals surface area (Å²) >= 11 is 1.61. The third-order valence-electron chi connectivity index (χ3n) is 6.02. The van der Waals surface area contributed by atoms with Crippen LogP contribution in [0.5, 0.6) is 0 Å². The molecule has 0 unspecified atom stereocenters. The van der Waals surface area contributed by atoms with Crippen molar-refractivity contribution in [3.63, 3.8) is 0 Å². The fourth-order valence-electron chi connectivity index (χ4n) is 4.96. The maximum Gasteiger partial charge on any atom is 0.317 e. The molecule has 7 nitrogen and oxygen atoms in total. The van der Waals surface area contributed by atoms with Gasteiger partial charge in [0.2, 0.25) is 5.91 Å². The van der Waals surface area contributed by atoms with Crippen molar-refractivity contribution in [2.75, 3.05) is 26.2 Å². The molecule has 0 aliphatic carbocycles. The van der Waals surface area contributed by atoms with Gasteiger partial charge in [0, 0.05) is 43.3 Å². The second-order valence-electron chi connectivity index (χ2n) is 7.76. The summed E-state index contributed by atoms with van der Waals surface area (Å²) in [5, 5.41) is 15.2.